The highest BCUT2D eigenvalue weighted by molar-refractivity contribution is 6.05. The summed E-state index contributed by atoms with van der Waals surface area (Å²) in [5.74, 6) is -7.78. The second-order valence-corrected chi connectivity index (χ2v) is 7.67. The first-order valence-corrected chi connectivity index (χ1v) is 10.5. The number of anilines is 4. The summed E-state index contributed by atoms with van der Waals surface area (Å²) in [7, 11) is 0. The van der Waals surface area contributed by atoms with Crippen LogP contribution in [-0.2, 0) is 9.59 Å². The maximum absolute atomic E-state index is 12.0. The molecule has 0 aliphatic rings. The van der Waals surface area contributed by atoms with Crippen molar-refractivity contribution in [3.63, 3.8) is 0 Å². The van der Waals surface area contributed by atoms with E-state index in [2.05, 4.69) is 0 Å². The van der Waals surface area contributed by atoms with E-state index in [1.807, 2.05) is 0 Å². The average molecular weight is 536 g/mol. The molecular formula is C25H16N2O12. The average Bonchev–Trinajstić information content (AvgIpc) is 2.89. The lowest BCUT2D eigenvalue weighted by Crippen LogP contribution is -2.20. The number of benzene rings is 3. The van der Waals surface area contributed by atoms with Crippen LogP contribution in [0.2, 0.25) is 0 Å². The highest BCUT2D eigenvalue weighted by atomic mass is 16.4. The van der Waals surface area contributed by atoms with Crippen molar-refractivity contribution in [2.24, 2.45) is 0 Å². The molecule has 3 aromatic carbocycles. The van der Waals surface area contributed by atoms with Crippen molar-refractivity contribution in [2.45, 2.75) is 0 Å². The van der Waals surface area contributed by atoms with Crippen LogP contribution in [-0.4, -0.2) is 68.2 Å². The van der Waals surface area contributed by atoms with E-state index in [4.69, 9.17) is 0 Å². The van der Waals surface area contributed by atoms with Gasteiger partial charge in [-0.3, -0.25) is 19.4 Å². The molecule has 0 aliphatic heterocycles. The standard InChI is InChI=1S/C25H16N2O12/c28-10-26(13-1-3-17(22(32)33)19(8-13)24(36)37)15-5-12(21(30)31)6-16(7-15)27(11-29)14-2-4-18(23(34)35)20(9-14)25(38)39/h1-11H,(H,30,31)(H,32,33)(H,34,35)(H,36,37)(H,38,39). The van der Waals surface area contributed by atoms with Gasteiger partial charge in [0, 0.05) is 11.4 Å². The summed E-state index contributed by atoms with van der Waals surface area (Å²) in [6, 6.07) is 9.05. The zero-order valence-electron chi connectivity index (χ0n) is 19.3. The number of hydrogen-bond donors (Lipinski definition) is 5. The Morgan fingerprint density at radius 2 is 0.821 bits per heavy atom. The Hall–Kier alpha value is -6.05. The van der Waals surface area contributed by atoms with Crippen molar-refractivity contribution in [3.8, 4) is 0 Å². The van der Waals surface area contributed by atoms with Crippen LogP contribution in [0.5, 0.6) is 0 Å². The minimum Gasteiger partial charge on any atom is -0.478 e. The number of hydrogen-bond acceptors (Lipinski definition) is 7. The Labute approximate surface area is 217 Å². The zero-order chi connectivity index (χ0) is 29.0. The first kappa shape index (κ1) is 27.5. The molecule has 39 heavy (non-hydrogen) atoms. The Balaban J connectivity index is 2.22. The lowest BCUT2D eigenvalue weighted by molar-refractivity contribution is -0.107. The monoisotopic (exact) mass is 536 g/mol. The number of carboxylic acid groups (broad SMARTS) is 5. The molecule has 5 N–H and O–H groups in total. The molecule has 0 aliphatic carbocycles. The van der Waals surface area contributed by atoms with Gasteiger partial charge in [-0.15, -0.1) is 0 Å². The van der Waals surface area contributed by atoms with E-state index in [1.165, 1.54) is 0 Å². The zero-order valence-corrected chi connectivity index (χ0v) is 19.3. The normalized spacial score (nSPS) is 10.3. The molecule has 0 saturated carbocycles. The van der Waals surface area contributed by atoms with Crippen molar-refractivity contribution < 1.29 is 59.1 Å². The molecule has 0 atom stereocenters. The van der Waals surface area contributed by atoms with E-state index in [0.717, 1.165) is 64.4 Å². The Bertz CT molecular complexity index is 1460. The molecule has 0 unspecified atom stereocenters. The molecule has 0 aromatic heterocycles. The van der Waals surface area contributed by atoms with E-state index < -0.39 is 57.7 Å². The molecule has 14 nitrogen and oxygen atoms in total. The fourth-order valence-electron chi connectivity index (χ4n) is 3.63. The summed E-state index contributed by atoms with van der Waals surface area (Å²) >= 11 is 0. The van der Waals surface area contributed by atoms with Gasteiger partial charge in [-0.2, -0.15) is 0 Å². The maximum Gasteiger partial charge on any atom is 0.336 e. The van der Waals surface area contributed by atoms with Crippen molar-refractivity contribution >= 4 is 65.4 Å². The molecule has 3 rings (SSSR count). The lowest BCUT2D eigenvalue weighted by Gasteiger charge is -2.23. The molecule has 0 radical (unpaired) electrons. The number of carbonyl (C=O) groups excluding carboxylic acids is 2. The molecule has 0 spiro atoms. The third-order valence-electron chi connectivity index (χ3n) is 5.40. The van der Waals surface area contributed by atoms with E-state index >= 15 is 0 Å². The minimum atomic E-state index is -1.61. The second kappa shape index (κ2) is 10.9. The number of rotatable bonds is 11. The smallest absolute Gasteiger partial charge is 0.336 e. The van der Waals surface area contributed by atoms with Crippen LogP contribution < -0.4 is 9.80 Å². The van der Waals surface area contributed by atoms with Gasteiger partial charge in [0.25, 0.3) is 0 Å². The van der Waals surface area contributed by atoms with Crippen LogP contribution in [0.25, 0.3) is 0 Å². The van der Waals surface area contributed by atoms with Crippen LogP contribution in [0, 0.1) is 0 Å². The van der Waals surface area contributed by atoms with Crippen LogP contribution >= 0.6 is 0 Å². The highest BCUT2D eigenvalue weighted by Gasteiger charge is 2.23. The molecule has 198 valence electrons. The van der Waals surface area contributed by atoms with Gasteiger partial charge in [0.1, 0.15) is 0 Å². The summed E-state index contributed by atoms with van der Waals surface area (Å²) in [5.41, 5.74) is -3.58. The van der Waals surface area contributed by atoms with Crippen molar-refractivity contribution in [3.05, 3.63) is 82.4 Å². The summed E-state index contributed by atoms with van der Waals surface area (Å²) in [6.45, 7) is 0. The van der Waals surface area contributed by atoms with Crippen molar-refractivity contribution in [2.75, 3.05) is 9.80 Å². The van der Waals surface area contributed by atoms with Gasteiger partial charge >= 0.3 is 29.8 Å². The molecule has 0 heterocycles. The third-order valence-corrected chi connectivity index (χ3v) is 5.40. The van der Waals surface area contributed by atoms with Crippen LogP contribution in [0.4, 0.5) is 22.7 Å². The largest absolute Gasteiger partial charge is 0.478 e. The SMILES string of the molecule is O=CN(c1cc(C(=O)O)cc(N(C=O)c2ccc(C(=O)O)c(C(=O)O)c2)c1)c1ccc(C(=O)O)c(C(=O)O)c1. The lowest BCUT2D eigenvalue weighted by atomic mass is 10.0. The third kappa shape index (κ3) is 5.54. The Kier molecular flexibility index (Phi) is 7.71. The highest BCUT2D eigenvalue weighted by Crippen LogP contribution is 2.34. The molecule has 0 bridgehead atoms. The summed E-state index contributed by atoms with van der Waals surface area (Å²) in [6.07, 6.45) is 0.392. The minimum absolute atomic E-state index is 0.155. The van der Waals surface area contributed by atoms with E-state index in [1.54, 1.807) is 0 Å². The van der Waals surface area contributed by atoms with Gasteiger partial charge in [0.2, 0.25) is 12.8 Å². The fraction of sp³-hybridized carbons (Fsp3) is 0. The van der Waals surface area contributed by atoms with Crippen molar-refractivity contribution in [1.82, 2.24) is 0 Å². The summed E-state index contributed by atoms with van der Waals surface area (Å²) in [4.78, 5) is 83.4. The number of nitrogens with zero attached hydrogens (tertiary/aromatic N) is 2. The number of carbonyl (C=O) groups is 7. The van der Waals surface area contributed by atoms with E-state index in [0.29, 0.717) is 0 Å². The maximum atomic E-state index is 12.0. The number of carboxylic acids is 5. The molecule has 3 aromatic rings. The first-order valence-electron chi connectivity index (χ1n) is 10.5. The predicted octanol–water partition coefficient (Wildman–Crippen LogP) is 2.77. The van der Waals surface area contributed by atoms with E-state index in [9.17, 15) is 59.1 Å². The van der Waals surface area contributed by atoms with Crippen LogP contribution in [0.15, 0.2) is 54.6 Å². The fourth-order valence-corrected chi connectivity index (χ4v) is 3.63. The molecule has 0 saturated heterocycles. The first-order chi connectivity index (χ1) is 18.4. The quantitative estimate of drug-likeness (QED) is 0.223. The Morgan fingerprint density at radius 3 is 1.10 bits per heavy atom. The van der Waals surface area contributed by atoms with Gasteiger partial charge in [0.15, 0.2) is 0 Å². The van der Waals surface area contributed by atoms with Gasteiger partial charge in [-0.05, 0) is 54.6 Å². The van der Waals surface area contributed by atoms with Gasteiger partial charge in [-0.25, -0.2) is 24.0 Å². The summed E-state index contributed by atoms with van der Waals surface area (Å²) < 4.78 is 0. The van der Waals surface area contributed by atoms with Crippen LogP contribution in [0.1, 0.15) is 51.8 Å². The van der Waals surface area contributed by atoms with E-state index in [-0.39, 0.29) is 35.6 Å². The molecule has 14 heteroatoms. The number of amides is 2. The van der Waals surface area contributed by atoms with Crippen molar-refractivity contribution in [1.29, 1.82) is 0 Å². The summed E-state index contributed by atoms with van der Waals surface area (Å²) in [5, 5.41) is 46.9. The van der Waals surface area contributed by atoms with Gasteiger partial charge in [-0.1, -0.05) is 0 Å². The van der Waals surface area contributed by atoms with Crippen LogP contribution in [0.3, 0.4) is 0 Å². The van der Waals surface area contributed by atoms with Gasteiger partial charge in [0.05, 0.1) is 39.2 Å². The molecule has 2 amide bonds. The topological polar surface area (TPSA) is 227 Å². The molecular weight excluding hydrogens is 520 g/mol. The second-order valence-electron chi connectivity index (χ2n) is 7.67. The molecule has 0 fully saturated rings. The number of aromatic carboxylic acids is 5. The Morgan fingerprint density at radius 1 is 0.462 bits per heavy atom. The van der Waals surface area contributed by atoms with Gasteiger partial charge < -0.3 is 25.5 Å². The predicted molar refractivity (Wildman–Crippen MR) is 131 cm³/mol.